The average Bonchev–Trinajstić information content (AvgIpc) is 2.84. The molecule has 6 nitrogen and oxygen atoms in total. The van der Waals surface area contributed by atoms with E-state index in [-0.39, 0.29) is 10.6 Å². The molecule has 180 valence electrons. The lowest BCUT2D eigenvalue weighted by Gasteiger charge is -2.30. The number of aromatic nitrogens is 2. The van der Waals surface area contributed by atoms with Gasteiger partial charge in [0.2, 0.25) is 0 Å². The van der Waals surface area contributed by atoms with Gasteiger partial charge in [0, 0.05) is 18.6 Å². The van der Waals surface area contributed by atoms with Crippen molar-refractivity contribution < 1.29 is 4.79 Å². The number of nitrogens with zero attached hydrogens (tertiary/aromatic N) is 3. The Morgan fingerprint density at radius 3 is 2.54 bits per heavy atom. The molecule has 2 amide bonds. The van der Waals surface area contributed by atoms with E-state index in [4.69, 9.17) is 39.8 Å². The Balaban J connectivity index is 1.72. The maximum absolute atomic E-state index is 13.5. The van der Waals surface area contributed by atoms with E-state index in [2.05, 4.69) is 5.32 Å². The smallest absolute Gasteiger partial charge is 0.314 e. The van der Waals surface area contributed by atoms with Gasteiger partial charge in [-0.2, -0.15) is 0 Å². The van der Waals surface area contributed by atoms with E-state index in [1.807, 2.05) is 37.3 Å². The number of hydrogen-bond acceptors (Lipinski definition) is 3. The minimum absolute atomic E-state index is 0.213. The number of rotatable bonds is 6. The third-order valence-electron chi connectivity index (χ3n) is 5.85. The number of halogens is 3. The first kappa shape index (κ1) is 25.0. The molecular formula is C26H23Cl3N4O2. The van der Waals surface area contributed by atoms with Crippen LogP contribution >= 0.6 is 34.8 Å². The molecular weight excluding hydrogens is 507 g/mol. The monoisotopic (exact) mass is 528 g/mol. The van der Waals surface area contributed by atoms with Crippen LogP contribution in [0.2, 0.25) is 15.1 Å². The Kier molecular flexibility index (Phi) is 7.65. The van der Waals surface area contributed by atoms with Crippen LogP contribution in [0.3, 0.4) is 0 Å². The summed E-state index contributed by atoms with van der Waals surface area (Å²) in [5, 5.41) is 4.38. The number of carbonyl (C=O) groups excluding carboxylic acids is 1. The van der Waals surface area contributed by atoms with Gasteiger partial charge in [0.1, 0.15) is 5.82 Å². The summed E-state index contributed by atoms with van der Waals surface area (Å²) >= 11 is 18.6. The van der Waals surface area contributed by atoms with Crippen LogP contribution in [0.5, 0.6) is 0 Å². The molecule has 0 fully saturated rings. The van der Waals surface area contributed by atoms with E-state index < -0.39 is 12.1 Å². The second-order valence-electron chi connectivity index (χ2n) is 8.13. The van der Waals surface area contributed by atoms with E-state index in [0.29, 0.717) is 45.4 Å². The van der Waals surface area contributed by atoms with Gasteiger partial charge < -0.3 is 10.2 Å². The summed E-state index contributed by atoms with van der Waals surface area (Å²) in [6, 6.07) is 18.9. The number of benzene rings is 3. The quantitative estimate of drug-likeness (QED) is 0.301. The van der Waals surface area contributed by atoms with Gasteiger partial charge in [-0.15, -0.1) is 0 Å². The molecule has 9 heteroatoms. The molecule has 35 heavy (non-hydrogen) atoms. The maximum atomic E-state index is 13.5. The molecule has 1 aromatic heterocycles. The highest BCUT2D eigenvalue weighted by Gasteiger charge is 2.26. The highest BCUT2D eigenvalue weighted by molar-refractivity contribution is 6.44. The largest absolute Gasteiger partial charge is 0.322 e. The van der Waals surface area contributed by atoms with Crippen LogP contribution < -0.4 is 10.9 Å². The Morgan fingerprint density at radius 1 is 1.06 bits per heavy atom. The molecule has 4 aromatic rings. The average molecular weight is 530 g/mol. The first-order valence-electron chi connectivity index (χ1n) is 11.0. The summed E-state index contributed by atoms with van der Waals surface area (Å²) in [6.45, 7) is 2.21. The minimum Gasteiger partial charge on any atom is -0.314 e. The van der Waals surface area contributed by atoms with Crippen LogP contribution in [0.1, 0.15) is 24.4 Å². The second-order valence-corrected chi connectivity index (χ2v) is 9.35. The molecule has 0 spiro atoms. The second kappa shape index (κ2) is 10.7. The zero-order valence-electron chi connectivity index (χ0n) is 19.1. The van der Waals surface area contributed by atoms with E-state index in [1.165, 1.54) is 4.57 Å². The van der Waals surface area contributed by atoms with E-state index in [1.54, 1.807) is 48.3 Å². The molecule has 1 heterocycles. The summed E-state index contributed by atoms with van der Waals surface area (Å²) in [7, 11) is 1.65. The third kappa shape index (κ3) is 5.45. The Hall–Kier alpha value is -3.06. The van der Waals surface area contributed by atoms with Crippen molar-refractivity contribution in [3.8, 4) is 0 Å². The van der Waals surface area contributed by atoms with Crippen molar-refractivity contribution in [2.24, 2.45) is 7.05 Å². The first-order valence-corrected chi connectivity index (χ1v) is 12.1. The van der Waals surface area contributed by atoms with Gasteiger partial charge >= 0.3 is 6.03 Å². The number of amides is 2. The van der Waals surface area contributed by atoms with Gasteiger partial charge in [0.25, 0.3) is 5.56 Å². The molecule has 0 radical (unpaired) electrons. The molecule has 0 bridgehead atoms. The van der Waals surface area contributed by atoms with Gasteiger partial charge in [-0.05, 0) is 49.2 Å². The highest BCUT2D eigenvalue weighted by atomic mass is 35.5. The van der Waals surface area contributed by atoms with Crippen LogP contribution in [0.15, 0.2) is 71.5 Å². The van der Waals surface area contributed by atoms with Gasteiger partial charge in [0.05, 0.1) is 32.7 Å². The molecule has 0 aliphatic rings. The zero-order valence-corrected chi connectivity index (χ0v) is 21.4. The maximum Gasteiger partial charge on any atom is 0.322 e. The van der Waals surface area contributed by atoms with Crippen molar-refractivity contribution in [3.63, 3.8) is 0 Å². The number of nitrogens with one attached hydrogen (secondary N) is 1. The fourth-order valence-electron chi connectivity index (χ4n) is 3.93. The van der Waals surface area contributed by atoms with Crippen LogP contribution in [-0.2, 0) is 13.5 Å². The van der Waals surface area contributed by atoms with Crippen molar-refractivity contribution in [3.05, 3.63) is 104 Å². The van der Waals surface area contributed by atoms with Crippen molar-refractivity contribution in [1.82, 2.24) is 14.5 Å². The molecule has 4 rings (SSSR count). The first-order chi connectivity index (χ1) is 16.8. The fraction of sp³-hybridized carbons (Fsp3) is 0.192. The predicted octanol–water partition coefficient (Wildman–Crippen LogP) is 6.73. The zero-order chi connectivity index (χ0) is 25.1. The van der Waals surface area contributed by atoms with Gasteiger partial charge in [-0.3, -0.25) is 9.36 Å². The van der Waals surface area contributed by atoms with Gasteiger partial charge in [0.15, 0.2) is 0 Å². The van der Waals surface area contributed by atoms with E-state index in [9.17, 15) is 9.59 Å². The van der Waals surface area contributed by atoms with Crippen LogP contribution in [0.4, 0.5) is 10.5 Å². The summed E-state index contributed by atoms with van der Waals surface area (Å²) in [5.74, 6) is 0.435. The van der Waals surface area contributed by atoms with Crippen LogP contribution in [0, 0.1) is 0 Å². The van der Waals surface area contributed by atoms with Crippen molar-refractivity contribution in [2.45, 2.75) is 19.4 Å². The third-order valence-corrected chi connectivity index (χ3v) is 6.91. The Morgan fingerprint density at radius 2 is 1.80 bits per heavy atom. The van der Waals surface area contributed by atoms with E-state index >= 15 is 0 Å². The van der Waals surface area contributed by atoms with Gasteiger partial charge in [-0.25, -0.2) is 9.78 Å². The number of anilines is 1. The summed E-state index contributed by atoms with van der Waals surface area (Å²) < 4.78 is 1.47. The molecule has 1 N–H and O–H groups in total. The van der Waals surface area contributed by atoms with Crippen LogP contribution in [0.25, 0.3) is 10.9 Å². The molecule has 1 unspecified atom stereocenters. The Bertz CT molecular complexity index is 1440. The normalized spacial score (nSPS) is 11.9. The summed E-state index contributed by atoms with van der Waals surface area (Å²) in [5.41, 5.74) is 1.73. The number of fused-ring (bicyclic) bond motifs is 1. The standard InChI is InChI=1S/C26H23Cl3N4O2/c1-16(24-30-22-15-18(27)11-12-19(22)25(34)32(24)2)33(14-13-17-7-4-3-5-8-17)26(35)31-21-10-6-9-20(28)23(21)29/h3-12,15-16H,13-14H2,1-2H3,(H,31,35). The lowest BCUT2D eigenvalue weighted by atomic mass is 10.1. The lowest BCUT2D eigenvalue weighted by molar-refractivity contribution is 0.189. The molecule has 0 saturated carbocycles. The number of carbonyl (C=O) groups is 1. The molecule has 0 aliphatic carbocycles. The molecule has 0 saturated heterocycles. The van der Waals surface area contributed by atoms with Crippen molar-refractivity contribution >= 4 is 57.4 Å². The number of urea groups is 1. The van der Waals surface area contributed by atoms with Crippen LogP contribution in [-0.4, -0.2) is 27.0 Å². The lowest BCUT2D eigenvalue weighted by Crippen LogP contribution is -2.41. The fourth-order valence-corrected chi connectivity index (χ4v) is 4.44. The van der Waals surface area contributed by atoms with Crippen molar-refractivity contribution in [1.29, 1.82) is 0 Å². The topological polar surface area (TPSA) is 67.2 Å². The minimum atomic E-state index is -0.544. The predicted molar refractivity (Wildman–Crippen MR) is 143 cm³/mol. The highest BCUT2D eigenvalue weighted by Crippen LogP contribution is 2.30. The number of hydrogen-bond donors (Lipinski definition) is 1. The Labute approximate surface area is 218 Å². The summed E-state index contributed by atoms with van der Waals surface area (Å²) in [6.07, 6.45) is 0.606. The van der Waals surface area contributed by atoms with E-state index in [0.717, 1.165) is 5.56 Å². The molecule has 3 aromatic carbocycles. The molecule has 1 atom stereocenters. The molecule has 0 aliphatic heterocycles. The van der Waals surface area contributed by atoms with Crippen molar-refractivity contribution in [2.75, 3.05) is 11.9 Å². The van der Waals surface area contributed by atoms with Gasteiger partial charge in [-0.1, -0.05) is 71.2 Å². The summed E-state index contributed by atoms with van der Waals surface area (Å²) in [4.78, 5) is 32.9. The SMILES string of the molecule is CC(c1nc2cc(Cl)ccc2c(=O)n1C)N(CCc1ccccc1)C(=O)Nc1cccc(Cl)c1Cl.